The van der Waals surface area contributed by atoms with E-state index in [4.69, 9.17) is 0 Å². The number of amides is 3. The first-order valence-electron chi connectivity index (χ1n) is 7.37. The van der Waals surface area contributed by atoms with Gasteiger partial charge >= 0.3 is 12.0 Å². The lowest BCUT2D eigenvalue weighted by Gasteiger charge is -2.34. The van der Waals surface area contributed by atoms with Gasteiger partial charge in [-0.3, -0.25) is 14.6 Å². The van der Waals surface area contributed by atoms with E-state index in [-0.39, 0.29) is 25.0 Å². The van der Waals surface area contributed by atoms with Crippen LogP contribution < -0.4 is 10.6 Å². The summed E-state index contributed by atoms with van der Waals surface area (Å²) < 4.78 is 0. The van der Waals surface area contributed by atoms with Crippen molar-refractivity contribution < 1.29 is 19.5 Å². The minimum Gasteiger partial charge on any atom is -0.480 e. The SMILES string of the molecule is O=C1CN(C(=O)NC2CCN3CCCC23)C(C(=O)O)CN1. The van der Waals surface area contributed by atoms with Crippen molar-refractivity contribution in [2.24, 2.45) is 0 Å². The molecule has 3 heterocycles. The van der Waals surface area contributed by atoms with Gasteiger partial charge < -0.3 is 15.7 Å². The van der Waals surface area contributed by atoms with Gasteiger partial charge in [0.25, 0.3) is 0 Å². The molecule has 3 aliphatic heterocycles. The molecule has 0 saturated carbocycles. The second-order valence-corrected chi connectivity index (χ2v) is 5.88. The Morgan fingerprint density at radius 1 is 1.29 bits per heavy atom. The first-order chi connectivity index (χ1) is 10.1. The topological polar surface area (TPSA) is 102 Å². The van der Waals surface area contributed by atoms with Gasteiger partial charge in [-0.2, -0.15) is 0 Å². The number of nitrogens with zero attached hydrogens (tertiary/aromatic N) is 2. The van der Waals surface area contributed by atoms with Crippen molar-refractivity contribution in [3.05, 3.63) is 0 Å². The van der Waals surface area contributed by atoms with Gasteiger partial charge in [0.05, 0.1) is 0 Å². The Labute approximate surface area is 122 Å². The van der Waals surface area contributed by atoms with Crippen LogP contribution in [0.15, 0.2) is 0 Å². The Hall–Kier alpha value is -1.83. The minimum atomic E-state index is -1.10. The fraction of sp³-hybridized carbons (Fsp3) is 0.769. The molecule has 116 valence electrons. The first kappa shape index (κ1) is 14.1. The van der Waals surface area contributed by atoms with Crippen molar-refractivity contribution in [2.45, 2.75) is 37.4 Å². The van der Waals surface area contributed by atoms with Crippen molar-refractivity contribution in [2.75, 3.05) is 26.2 Å². The Balaban J connectivity index is 1.65. The number of hydrogen-bond donors (Lipinski definition) is 3. The summed E-state index contributed by atoms with van der Waals surface area (Å²) in [5.74, 6) is -1.42. The maximum absolute atomic E-state index is 12.4. The third kappa shape index (κ3) is 2.67. The van der Waals surface area contributed by atoms with E-state index in [9.17, 15) is 19.5 Å². The Kier molecular flexibility index (Phi) is 3.71. The Morgan fingerprint density at radius 2 is 2.10 bits per heavy atom. The van der Waals surface area contributed by atoms with Crippen LogP contribution in [0.2, 0.25) is 0 Å². The molecule has 0 aromatic carbocycles. The van der Waals surface area contributed by atoms with E-state index < -0.39 is 18.0 Å². The Morgan fingerprint density at radius 3 is 2.86 bits per heavy atom. The lowest BCUT2D eigenvalue weighted by atomic mass is 10.1. The number of carboxylic acids is 1. The monoisotopic (exact) mass is 296 g/mol. The van der Waals surface area contributed by atoms with Gasteiger partial charge in [0.2, 0.25) is 5.91 Å². The summed E-state index contributed by atoms with van der Waals surface area (Å²) in [6.07, 6.45) is 3.09. The fourth-order valence-electron chi connectivity index (χ4n) is 3.57. The summed E-state index contributed by atoms with van der Waals surface area (Å²) in [4.78, 5) is 38.5. The van der Waals surface area contributed by atoms with Crippen LogP contribution in [-0.4, -0.2) is 77.1 Å². The van der Waals surface area contributed by atoms with Crippen LogP contribution in [0.3, 0.4) is 0 Å². The molecular weight excluding hydrogens is 276 g/mol. The number of hydrogen-bond acceptors (Lipinski definition) is 4. The van der Waals surface area contributed by atoms with Gasteiger partial charge in [-0.25, -0.2) is 9.59 Å². The van der Waals surface area contributed by atoms with Gasteiger partial charge in [0, 0.05) is 25.2 Å². The quantitative estimate of drug-likeness (QED) is 0.595. The first-order valence-corrected chi connectivity index (χ1v) is 7.37. The molecule has 8 heteroatoms. The number of urea groups is 1. The van der Waals surface area contributed by atoms with Crippen LogP contribution in [0.4, 0.5) is 4.79 Å². The van der Waals surface area contributed by atoms with Crippen molar-refractivity contribution in [3.8, 4) is 0 Å². The molecule has 0 aromatic rings. The number of aliphatic carboxylic acids is 1. The molecule has 0 spiro atoms. The van der Waals surface area contributed by atoms with Crippen molar-refractivity contribution in [3.63, 3.8) is 0 Å². The standard InChI is InChI=1S/C13H20N4O4/c18-11-7-17(10(6-14-11)12(19)20)13(21)15-8-3-5-16-4-1-2-9(8)16/h8-10H,1-7H2,(H,14,18)(H,15,21)(H,19,20). The van der Waals surface area contributed by atoms with Crippen LogP contribution in [0.5, 0.6) is 0 Å². The average molecular weight is 296 g/mol. The number of carboxylic acid groups (broad SMARTS) is 1. The number of rotatable bonds is 2. The molecule has 3 atom stereocenters. The summed E-state index contributed by atoms with van der Waals surface area (Å²) in [6.45, 7) is 1.80. The van der Waals surface area contributed by atoms with Crippen molar-refractivity contribution in [1.82, 2.24) is 20.4 Å². The van der Waals surface area contributed by atoms with Gasteiger partial charge in [0.15, 0.2) is 0 Å². The summed E-state index contributed by atoms with van der Waals surface area (Å²) in [7, 11) is 0. The molecule has 0 bridgehead atoms. The molecule has 3 unspecified atom stereocenters. The zero-order valence-corrected chi connectivity index (χ0v) is 11.7. The number of nitrogens with one attached hydrogen (secondary N) is 2. The lowest BCUT2D eigenvalue weighted by Crippen LogP contribution is -2.62. The van der Waals surface area contributed by atoms with E-state index in [1.54, 1.807) is 0 Å². The van der Waals surface area contributed by atoms with E-state index in [0.29, 0.717) is 6.04 Å². The maximum Gasteiger partial charge on any atom is 0.328 e. The second-order valence-electron chi connectivity index (χ2n) is 5.88. The molecule has 3 N–H and O–H groups in total. The number of carbonyl (C=O) groups is 3. The van der Waals surface area contributed by atoms with Crippen LogP contribution in [0.25, 0.3) is 0 Å². The molecule has 3 rings (SSSR count). The van der Waals surface area contributed by atoms with E-state index in [0.717, 1.165) is 37.3 Å². The molecular formula is C13H20N4O4. The predicted octanol–water partition coefficient (Wildman–Crippen LogP) is -1.18. The molecule has 0 radical (unpaired) electrons. The summed E-state index contributed by atoms with van der Waals surface area (Å²) in [5.41, 5.74) is 0. The van der Waals surface area contributed by atoms with Gasteiger partial charge in [-0.15, -0.1) is 0 Å². The Bertz CT molecular complexity index is 469. The van der Waals surface area contributed by atoms with Gasteiger partial charge in [-0.1, -0.05) is 0 Å². The molecule has 3 saturated heterocycles. The summed E-state index contributed by atoms with van der Waals surface area (Å²) >= 11 is 0. The van der Waals surface area contributed by atoms with Gasteiger partial charge in [-0.05, 0) is 25.8 Å². The normalized spacial score (nSPS) is 32.7. The fourth-order valence-corrected chi connectivity index (χ4v) is 3.57. The average Bonchev–Trinajstić information content (AvgIpc) is 3.03. The van der Waals surface area contributed by atoms with Crippen LogP contribution in [0.1, 0.15) is 19.3 Å². The highest BCUT2D eigenvalue weighted by atomic mass is 16.4. The van der Waals surface area contributed by atoms with Crippen LogP contribution >= 0.6 is 0 Å². The third-order valence-electron chi connectivity index (χ3n) is 4.64. The molecule has 3 fully saturated rings. The molecule has 21 heavy (non-hydrogen) atoms. The molecule has 8 nitrogen and oxygen atoms in total. The molecule has 0 aromatic heterocycles. The van der Waals surface area contributed by atoms with Crippen LogP contribution in [-0.2, 0) is 9.59 Å². The zero-order valence-electron chi connectivity index (χ0n) is 11.7. The molecule has 3 aliphatic rings. The van der Waals surface area contributed by atoms with E-state index in [1.807, 2.05) is 0 Å². The third-order valence-corrected chi connectivity index (χ3v) is 4.64. The number of fused-ring (bicyclic) bond motifs is 1. The van der Waals surface area contributed by atoms with Crippen LogP contribution in [0, 0.1) is 0 Å². The van der Waals surface area contributed by atoms with E-state index in [2.05, 4.69) is 15.5 Å². The maximum atomic E-state index is 12.4. The molecule has 3 amide bonds. The molecule has 0 aliphatic carbocycles. The highest BCUT2D eigenvalue weighted by molar-refractivity contribution is 5.90. The minimum absolute atomic E-state index is 0.0399. The zero-order chi connectivity index (χ0) is 15.0. The highest BCUT2D eigenvalue weighted by Gasteiger charge is 2.41. The highest BCUT2D eigenvalue weighted by Crippen LogP contribution is 2.28. The van der Waals surface area contributed by atoms with Gasteiger partial charge in [0.1, 0.15) is 12.6 Å². The predicted molar refractivity (Wildman–Crippen MR) is 72.7 cm³/mol. The number of piperazine rings is 1. The van der Waals surface area contributed by atoms with Crippen molar-refractivity contribution in [1.29, 1.82) is 0 Å². The van der Waals surface area contributed by atoms with Crippen molar-refractivity contribution >= 4 is 17.9 Å². The van der Waals surface area contributed by atoms with E-state index in [1.165, 1.54) is 0 Å². The summed E-state index contributed by atoms with van der Waals surface area (Å²) in [5, 5.41) is 14.6. The lowest BCUT2D eigenvalue weighted by molar-refractivity contribution is -0.144. The van der Waals surface area contributed by atoms with E-state index >= 15 is 0 Å². The second kappa shape index (κ2) is 5.51. The summed E-state index contributed by atoms with van der Waals surface area (Å²) in [6, 6.07) is -1.03. The number of carbonyl (C=O) groups excluding carboxylic acids is 2. The smallest absolute Gasteiger partial charge is 0.328 e. The largest absolute Gasteiger partial charge is 0.480 e.